The van der Waals surface area contributed by atoms with Crippen LogP contribution >= 0.6 is 0 Å². The highest BCUT2D eigenvalue weighted by Crippen LogP contribution is 2.15. The fourth-order valence-corrected chi connectivity index (χ4v) is 3.26. The van der Waals surface area contributed by atoms with Crippen molar-refractivity contribution in [1.29, 1.82) is 0 Å². The van der Waals surface area contributed by atoms with Crippen LogP contribution in [0.5, 0.6) is 0 Å². The van der Waals surface area contributed by atoms with Gasteiger partial charge in [-0.25, -0.2) is 0 Å². The molecule has 0 unspecified atom stereocenters. The van der Waals surface area contributed by atoms with Crippen LogP contribution < -0.4 is 16.0 Å². The van der Waals surface area contributed by atoms with Gasteiger partial charge in [0, 0.05) is 6.42 Å². The van der Waals surface area contributed by atoms with Crippen LogP contribution in [0.2, 0.25) is 0 Å². The minimum Gasteiger partial charge on any atom is -0.465 e. The van der Waals surface area contributed by atoms with Gasteiger partial charge in [0.25, 0.3) is 0 Å². The molecule has 1 aliphatic rings. The van der Waals surface area contributed by atoms with Crippen LogP contribution in [0, 0.1) is 0 Å². The molecule has 1 aliphatic heterocycles. The van der Waals surface area contributed by atoms with E-state index in [0.29, 0.717) is 6.42 Å². The second-order valence-corrected chi connectivity index (χ2v) is 7.27. The summed E-state index contributed by atoms with van der Waals surface area (Å²) in [5.41, 5.74) is 1.90. The van der Waals surface area contributed by atoms with Gasteiger partial charge in [-0.15, -0.1) is 0 Å². The van der Waals surface area contributed by atoms with E-state index in [1.165, 1.54) is 0 Å². The van der Waals surface area contributed by atoms with E-state index in [4.69, 9.17) is 4.74 Å². The molecule has 7 nitrogen and oxygen atoms in total. The number of rotatable bonds is 9. The number of esters is 1. The van der Waals surface area contributed by atoms with Crippen molar-refractivity contribution in [3.05, 3.63) is 71.8 Å². The molecule has 1 saturated heterocycles. The lowest BCUT2D eigenvalue weighted by molar-refractivity contribution is -0.143. The summed E-state index contributed by atoms with van der Waals surface area (Å²) >= 11 is 0. The van der Waals surface area contributed by atoms with Crippen molar-refractivity contribution in [2.24, 2.45) is 0 Å². The fraction of sp³-hybridized carbons (Fsp3) is 0.348. The number of amides is 2. The summed E-state index contributed by atoms with van der Waals surface area (Å²) in [6.07, 6.45) is 0.344. The van der Waals surface area contributed by atoms with Crippen LogP contribution in [0.1, 0.15) is 31.0 Å². The van der Waals surface area contributed by atoms with E-state index in [-0.39, 0.29) is 18.6 Å². The highest BCUT2D eigenvalue weighted by Gasteiger charge is 2.49. The number of ether oxygens (including phenoxy) is 1. The second-order valence-electron chi connectivity index (χ2n) is 7.27. The third-order valence-electron chi connectivity index (χ3n) is 4.98. The van der Waals surface area contributed by atoms with Crippen molar-refractivity contribution in [2.75, 3.05) is 6.61 Å². The lowest BCUT2D eigenvalue weighted by Gasteiger charge is -2.22. The van der Waals surface area contributed by atoms with Crippen molar-refractivity contribution in [1.82, 2.24) is 16.0 Å². The SMILES string of the molecule is CCOC(=O)[C@H]1N[C@@H]1C(=O)N[C@@H](Cc1ccccc1)C(=O)N[C@@H](C)c1ccccc1. The minimum atomic E-state index is -0.767. The number of hydrogen-bond acceptors (Lipinski definition) is 5. The summed E-state index contributed by atoms with van der Waals surface area (Å²) in [7, 11) is 0. The zero-order valence-electron chi connectivity index (χ0n) is 17.1. The average molecular weight is 409 g/mol. The van der Waals surface area contributed by atoms with Gasteiger partial charge in [0.1, 0.15) is 18.1 Å². The molecule has 0 radical (unpaired) electrons. The maximum absolute atomic E-state index is 13.0. The molecule has 30 heavy (non-hydrogen) atoms. The predicted molar refractivity (Wildman–Crippen MR) is 112 cm³/mol. The molecule has 2 aromatic carbocycles. The van der Waals surface area contributed by atoms with Crippen LogP contribution in [0.25, 0.3) is 0 Å². The lowest BCUT2D eigenvalue weighted by atomic mass is 10.0. The summed E-state index contributed by atoms with van der Waals surface area (Å²) in [6, 6.07) is 16.8. The Labute approximate surface area is 176 Å². The van der Waals surface area contributed by atoms with Crippen LogP contribution in [0.15, 0.2) is 60.7 Å². The quantitative estimate of drug-likeness (QED) is 0.430. The zero-order chi connectivity index (χ0) is 21.5. The number of carbonyl (C=O) groups excluding carboxylic acids is 3. The van der Waals surface area contributed by atoms with Crippen molar-refractivity contribution in [3.63, 3.8) is 0 Å². The third-order valence-corrected chi connectivity index (χ3v) is 4.98. The molecule has 158 valence electrons. The van der Waals surface area contributed by atoms with Crippen LogP contribution in [-0.2, 0) is 25.5 Å². The first-order valence-corrected chi connectivity index (χ1v) is 10.1. The van der Waals surface area contributed by atoms with E-state index in [1.54, 1.807) is 6.92 Å². The Kier molecular flexibility index (Phi) is 7.19. The summed E-state index contributed by atoms with van der Waals surface area (Å²) in [4.78, 5) is 37.4. The van der Waals surface area contributed by atoms with Crippen LogP contribution in [0.4, 0.5) is 0 Å². The smallest absolute Gasteiger partial charge is 0.325 e. The standard InChI is InChI=1S/C23H27N3O4/c1-3-30-23(29)20-19(26-20)22(28)25-18(14-16-10-6-4-7-11-16)21(27)24-15(2)17-12-8-5-9-13-17/h4-13,15,18-20,26H,3,14H2,1-2H3,(H,24,27)(H,25,28)/t15-,18-,19-,20-/m0/s1. The molecule has 3 rings (SSSR count). The minimum absolute atomic E-state index is 0.208. The van der Waals surface area contributed by atoms with Crippen molar-refractivity contribution in [3.8, 4) is 0 Å². The Balaban J connectivity index is 1.66. The van der Waals surface area contributed by atoms with Crippen LogP contribution in [-0.4, -0.2) is 42.5 Å². The Morgan fingerprint density at radius 2 is 1.60 bits per heavy atom. The first-order valence-electron chi connectivity index (χ1n) is 10.1. The highest BCUT2D eigenvalue weighted by atomic mass is 16.5. The normalized spacial score (nSPS) is 19.3. The molecular formula is C23H27N3O4. The molecule has 0 saturated carbocycles. The molecule has 2 aromatic rings. The molecule has 0 spiro atoms. The Morgan fingerprint density at radius 1 is 0.967 bits per heavy atom. The summed E-state index contributed by atoms with van der Waals surface area (Å²) in [5, 5.41) is 8.57. The summed E-state index contributed by atoms with van der Waals surface area (Å²) in [6.45, 7) is 3.86. The number of hydrogen-bond donors (Lipinski definition) is 3. The fourth-order valence-electron chi connectivity index (χ4n) is 3.26. The van der Waals surface area contributed by atoms with Gasteiger partial charge in [0.2, 0.25) is 11.8 Å². The predicted octanol–water partition coefficient (Wildman–Crippen LogP) is 1.49. The van der Waals surface area contributed by atoms with E-state index in [1.807, 2.05) is 67.6 Å². The van der Waals surface area contributed by atoms with E-state index in [2.05, 4.69) is 16.0 Å². The van der Waals surface area contributed by atoms with E-state index in [9.17, 15) is 14.4 Å². The van der Waals surface area contributed by atoms with Gasteiger partial charge in [-0.05, 0) is 25.0 Å². The molecule has 0 aromatic heterocycles. The van der Waals surface area contributed by atoms with Gasteiger partial charge in [-0.1, -0.05) is 60.7 Å². The van der Waals surface area contributed by atoms with Gasteiger partial charge in [0.15, 0.2) is 0 Å². The van der Waals surface area contributed by atoms with Gasteiger partial charge < -0.3 is 15.4 Å². The third kappa shape index (κ3) is 5.67. The molecule has 3 N–H and O–H groups in total. The largest absolute Gasteiger partial charge is 0.465 e. The second kappa shape index (κ2) is 10.0. The van der Waals surface area contributed by atoms with Gasteiger partial charge >= 0.3 is 5.97 Å². The first kappa shape index (κ1) is 21.5. The number of carbonyl (C=O) groups is 3. The van der Waals surface area contributed by atoms with Crippen molar-refractivity contribution < 1.29 is 19.1 Å². The first-order chi connectivity index (χ1) is 14.5. The Bertz CT molecular complexity index is 873. The van der Waals surface area contributed by atoms with Crippen molar-refractivity contribution in [2.45, 2.75) is 44.4 Å². The molecule has 7 heteroatoms. The average Bonchev–Trinajstić information content (AvgIpc) is 3.56. The molecule has 1 heterocycles. The van der Waals surface area contributed by atoms with E-state index >= 15 is 0 Å². The molecule has 1 fully saturated rings. The van der Waals surface area contributed by atoms with Gasteiger partial charge in [0.05, 0.1) is 12.6 Å². The topological polar surface area (TPSA) is 106 Å². The van der Waals surface area contributed by atoms with Gasteiger partial charge in [-0.2, -0.15) is 0 Å². The lowest BCUT2D eigenvalue weighted by Crippen LogP contribution is -2.50. The van der Waals surface area contributed by atoms with Crippen LogP contribution in [0.3, 0.4) is 0 Å². The Morgan fingerprint density at radius 3 is 2.23 bits per heavy atom. The molecule has 4 atom stereocenters. The van der Waals surface area contributed by atoms with E-state index in [0.717, 1.165) is 11.1 Å². The monoisotopic (exact) mass is 409 g/mol. The zero-order valence-corrected chi connectivity index (χ0v) is 17.1. The van der Waals surface area contributed by atoms with Crippen molar-refractivity contribution >= 4 is 17.8 Å². The maximum Gasteiger partial charge on any atom is 0.325 e. The summed E-state index contributed by atoms with van der Waals surface area (Å²) < 4.78 is 4.94. The van der Waals surface area contributed by atoms with E-state index < -0.39 is 30.0 Å². The molecule has 0 bridgehead atoms. The number of nitrogens with one attached hydrogen (secondary N) is 3. The number of benzene rings is 2. The van der Waals surface area contributed by atoms with Gasteiger partial charge in [-0.3, -0.25) is 19.7 Å². The molecule has 2 amide bonds. The maximum atomic E-state index is 13.0. The summed E-state index contributed by atoms with van der Waals surface area (Å²) in [5.74, 6) is -1.13. The Hall–Kier alpha value is -3.19. The molecular weight excluding hydrogens is 382 g/mol. The highest BCUT2D eigenvalue weighted by molar-refractivity contribution is 5.97. The molecule has 0 aliphatic carbocycles.